The molecule has 0 saturated carbocycles. The fraction of sp³-hybridized carbons (Fsp3) is 0.533. The van der Waals surface area contributed by atoms with E-state index < -0.39 is 0 Å². The van der Waals surface area contributed by atoms with Gasteiger partial charge in [0.2, 0.25) is 0 Å². The van der Waals surface area contributed by atoms with Crippen molar-refractivity contribution in [3.8, 4) is 17.2 Å². The molecule has 1 amide bonds. The van der Waals surface area contributed by atoms with Crippen LogP contribution >= 0.6 is 0 Å². The van der Waals surface area contributed by atoms with Crippen LogP contribution in [0.1, 0.15) is 17.3 Å². The SMILES string of the molecule is COc1cc(OC)c(C(=O)NCC2(C)COC2)cc1OC. The van der Waals surface area contributed by atoms with Crippen molar-refractivity contribution in [1.29, 1.82) is 0 Å². The Bertz CT molecular complexity index is 525. The molecule has 0 aromatic heterocycles. The van der Waals surface area contributed by atoms with Crippen LogP contribution in [0.25, 0.3) is 0 Å². The molecule has 0 radical (unpaired) electrons. The van der Waals surface area contributed by atoms with E-state index in [2.05, 4.69) is 12.2 Å². The Labute approximate surface area is 124 Å². The second-order valence-corrected chi connectivity index (χ2v) is 5.39. The van der Waals surface area contributed by atoms with Crippen molar-refractivity contribution in [2.75, 3.05) is 41.1 Å². The lowest BCUT2D eigenvalue weighted by Crippen LogP contribution is -2.48. The van der Waals surface area contributed by atoms with E-state index in [9.17, 15) is 4.79 Å². The third kappa shape index (κ3) is 3.21. The van der Waals surface area contributed by atoms with Crippen molar-refractivity contribution in [3.63, 3.8) is 0 Å². The Morgan fingerprint density at radius 1 is 1.14 bits per heavy atom. The van der Waals surface area contributed by atoms with Gasteiger partial charge < -0.3 is 24.3 Å². The van der Waals surface area contributed by atoms with Crippen molar-refractivity contribution in [2.45, 2.75) is 6.92 Å². The maximum absolute atomic E-state index is 12.4. The van der Waals surface area contributed by atoms with Gasteiger partial charge in [-0.25, -0.2) is 0 Å². The summed E-state index contributed by atoms with van der Waals surface area (Å²) in [6.45, 7) is 3.96. The van der Waals surface area contributed by atoms with E-state index in [0.29, 0.717) is 42.6 Å². The second kappa shape index (κ2) is 6.22. The van der Waals surface area contributed by atoms with Crippen molar-refractivity contribution in [2.24, 2.45) is 5.41 Å². The number of hydrogen-bond donors (Lipinski definition) is 1. The normalized spacial score (nSPS) is 15.8. The van der Waals surface area contributed by atoms with Gasteiger partial charge in [0.15, 0.2) is 11.5 Å². The van der Waals surface area contributed by atoms with Gasteiger partial charge >= 0.3 is 0 Å². The minimum atomic E-state index is -0.207. The second-order valence-electron chi connectivity index (χ2n) is 5.39. The maximum atomic E-state index is 12.4. The number of hydrogen-bond acceptors (Lipinski definition) is 5. The van der Waals surface area contributed by atoms with Crippen molar-refractivity contribution >= 4 is 5.91 Å². The van der Waals surface area contributed by atoms with Gasteiger partial charge in [-0.2, -0.15) is 0 Å². The minimum absolute atomic E-state index is 0.0133. The average Bonchev–Trinajstić information content (AvgIpc) is 2.49. The highest BCUT2D eigenvalue weighted by Crippen LogP contribution is 2.34. The molecule has 1 fully saturated rings. The summed E-state index contributed by atoms with van der Waals surface area (Å²) in [5.41, 5.74) is 0.429. The summed E-state index contributed by atoms with van der Waals surface area (Å²) < 4.78 is 20.9. The summed E-state index contributed by atoms with van der Waals surface area (Å²) in [6, 6.07) is 3.26. The smallest absolute Gasteiger partial charge is 0.255 e. The highest BCUT2D eigenvalue weighted by molar-refractivity contribution is 5.97. The fourth-order valence-electron chi connectivity index (χ4n) is 2.15. The molecule has 21 heavy (non-hydrogen) atoms. The molecule has 6 nitrogen and oxygen atoms in total. The molecule has 1 saturated heterocycles. The minimum Gasteiger partial charge on any atom is -0.496 e. The lowest BCUT2D eigenvalue weighted by molar-refractivity contribution is -0.0978. The van der Waals surface area contributed by atoms with E-state index in [1.54, 1.807) is 12.1 Å². The average molecular weight is 295 g/mol. The van der Waals surface area contributed by atoms with Gasteiger partial charge in [-0.3, -0.25) is 4.79 Å². The van der Waals surface area contributed by atoms with Gasteiger partial charge in [0.1, 0.15) is 5.75 Å². The van der Waals surface area contributed by atoms with Gasteiger partial charge in [-0.1, -0.05) is 6.92 Å². The third-order valence-corrected chi connectivity index (χ3v) is 3.53. The Kier molecular flexibility index (Phi) is 4.57. The largest absolute Gasteiger partial charge is 0.496 e. The number of nitrogens with one attached hydrogen (secondary N) is 1. The summed E-state index contributed by atoms with van der Waals surface area (Å²) in [6.07, 6.45) is 0. The molecular formula is C15H21NO5. The molecule has 2 rings (SSSR count). The molecule has 0 unspecified atom stereocenters. The molecule has 0 atom stereocenters. The van der Waals surface area contributed by atoms with Crippen LogP contribution in [-0.2, 0) is 4.74 Å². The molecule has 1 aromatic rings. The molecule has 1 heterocycles. The molecule has 1 aliphatic heterocycles. The van der Waals surface area contributed by atoms with Gasteiger partial charge in [0.05, 0.1) is 40.1 Å². The molecule has 116 valence electrons. The van der Waals surface area contributed by atoms with Gasteiger partial charge in [0, 0.05) is 24.1 Å². The monoisotopic (exact) mass is 295 g/mol. The summed E-state index contributed by atoms with van der Waals surface area (Å²) in [5.74, 6) is 1.24. The number of methoxy groups -OCH3 is 3. The summed E-state index contributed by atoms with van der Waals surface area (Å²) in [7, 11) is 4.58. The Morgan fingerprint density at radius 3 is 2.19 bits per heavy atom. The highest BCUT2D eigenvalue weighted by Gasteiger charge is 2.34. The number of amides is 1. The molecule has 6 heteroatoms. The zero-order valence-corrected chi connectivity index (χ0v) is 12.8. The first-order chi connectivity index (χ1) is 10.0. The van der Waals surface area contributed by atoms with E-state index >= 15 is 0 Å². The summed E-state index contributed by atoms with van der Waals surface area (Å²) >= 11 is 0. The van der Waals surface area contributed by atoms with Crippen molar-refractivity contribution < 1.29 is 23.7 Å². The van der Waals surface area contributed by atoms with Crippen molar-refractivity contribution in [3.05, 3.63) is 17.7 Å². The van der Waals surface area contributed by atoms with Crippen LogP contribution < -0.4 is 19.5 Å². The fourth-order valence-corrected chi connectivity index (χ4v) is 2.15. The van der Waals surface area contributed by atoms with E-state index in [-0.39, 0.29) is 11.3 Å². The van der Waals surface area contributed by atoms with Gasteiger partial charge in [0.25, 0.3) is 5.91 Å². The Hall–Kier alpha value is -1.95. The predicted molar refractivity (Wildman–Crippen MR) is 77.4 cm³/mol. The van der Waals surface area contributed by atoms with E-state index in [1.807, 2.05) is 0 Å². The standard InChI is InChI=1S/C15H21NO5/c1-15(8-21-9-15)7-16-14(17)10-5-12(19-3)13(20-4)6-11(10)18-2/h5-6H,7-9H2,1-4H3,(H,16,17). The molecule has 1 aromatic carbocycles. The van der Waals surface area contributed by atoms with Crippen molar-refractivity contribution in [1.82, 2.24) is 5.32 Å². The number of ether oxygens (including phenoxy) is 4. The molecular weight excluding hydrogens is 274 g/mol. The predicted octanol–water partition coefficient (Wildman–Crippen LogP) is 1.48. The van der Waals surface area contributed by atoms with E-state index in [1.165, 1.54) is 21.3 Å². The number of carbonyl (C=O) groups excluding carboxylic acids is 1. The lowest BCUT2D eigenvalue weighted by Gasteiger charge is -2.38. The first-order valence-electron chi connectivity index (χ1n) is 6.69. The van der Waals surface area contributed by atoms with Gasteiger partial charge in [-0.15, -0.1) is 0 Å². The van der Waals surface area contributed by atoms with Crippen LogP contribution in [0.4, 0.5) is 0 Å². The maximum Gasteiger partial charge on any atom is 0.255 e. The molecule has 1 aliphatic rings. The van der Waals surface area contributed by atoms with E-state index in [4.69, 9.17) is 18.9 Å². The Balaban J connectivity index is 2.18. The van der Waals surface area contributed by atoms with Crippen LogP contribution in [0, 0.1) is 5.41 Å². The zero-order valence-electron chi connectivity index (χ0n) is 12.8. The highest BCUT2D eigenvalue weighted by atomic mass is 16.5. The number of carbonyl (C=O) groups is 1. The molecule has 0 aliphatic carbocycles. The zero-order chi connectivity index (χ0) is 15.5. The van der Waals surface area contributed by atoms with Crippen LogP contribution in [0.2, 0.25) is 0 Å². The molecule has 1 N–H and O–H groups in total. The topological polar surface area (TPSA) is 66.0 Å². The first kappa shape index (κ1) is 15.4. The van der Waals surface area contributed by atoms with E-state index in [0.717, 1.165) is 0 Å². The van der Waals surface area contributed by atoms with Crippen LogP contribution in [0.15, 0.2) is 12.1 Å². The molecule has 0 bridgehead atoms. The summed E-state index contributed by atoms with van der Waals surface area (Å²) in [4.78, 5) is 12.4. The van der Waals surface area contributed by atoms with Crippen LogP contribution in [0.5, 0.6) is 17.2 Å². The summed E-state index contributed by atoms with van der Waals surface area (Å²) in [5, 5.41) is 2.91. The van der Waals surface area contributed by atoms with Gasteiger partial charge in [-0.05, 0) is 0 Å². The third-order valence-electron chi connectivity index (χ3n) is 3.53. The quantitative estimate of drug-likeness (QED) is 0.861. The van der Waals surface area contributed by atoms with Crippen LogP contribution in [0.3, 0.4) is 0 Å². The molecule has 0 spiro atoms. The lowest BCUT2D eigenvalue weighted by atomic mass is 9.88. The number of benzene rings is 1. The Morgan fingerprint density at radius 2 is 1.71 bits per heavy atom. The number of rotatable bonds is 6. The van der Waals surface area contributed by atoms with Crippen LogP contribution in [-0.4, -0.2) is 47.0 Å². The first-order valence-corrected chi connectivity index (χ1v) is 6.69.